The number of Topliss-reactive ketones (excluding diaryl/α,β-unsaturated/α-hetero) is 1. The predicted molar refractivity (Wildman–Crippen MR) is 162 cm³/mol. The average Bonchev–Trinajstić information content (AvgIpc) is 2.99. The number of anilines is 1. The second-order valence-corrected chi connectivity index (χ2v) is 9.34. The number of carbonyl (C=O) groups excluding carboxylic acids is 3. The Morgan fingerprint density at radius 3 is 2.32 bits per heavy atom. The van der Waals surface area contributed by atoms with E-state index in [1.807, 2.05) is 12.1 Å². The molecular weight excluding hydrogens is 518 g/mol. The highest BCUT2D eigenvalue weighted by Crippen LogP contribution is 2.28. The maximum Gasteiger partial charge on any atom is 0.337 e. The van der Waals surface area contributed by atoms with E-state index in [1.165, 1.54) is 30.9 Å². The number of amides is 1. The van der Waals surface area contributed by atoms with E-state index in [2.05, 4.69) is 47.2 Å². The summed E-state index contributed by atoms with van der Waals surface area (Å²) >= 11 is 0. The van der Waals surface area contributed by atoms with Crippen LogP contribution in [0, 0.1) is 12.3 Å². The van der Waals surface area contributed by atoms with Crippen molar-refractivity contribution in [1.29, 1.82) is 0 Å². The number of methoxy groups -OCH3 is 1. The lowest BCUT2D eigenvalue weighted by atomic mass is 9.96. The van der Waals surface area contributed by atoms with E-state index in [1.54, 1.807) is 32.2 Å². The second kappa shape index (κ2) is 14.4. The molecule has 0 aromatic heterocycles. The molecule has 0 fully saturated rings. The minimum absolute atomic E-state index is 0.0965. The molecule has 0 saturated heterocycles. The molecule has 0 unspecified atom stereocenters. The summed E-state index contributed by atoms with van der Waals surface area (Å²) in [7, 11) is 2.93. The third-order valence-corrected chi connectivity index (χ3v) is 6.21. The van der Waals surface area contributed by atoms with E-state index in [-0.39, 0.29) is 30.1 Å². The fourth-order valence-corrected chi connectivity index (χ4v) is 4.07. The predicted octanol–water partition coefficient (Wildman–Crippen LogP) is 6.01. The Kier molecular flexibility index (Phi) is 10.7. The zero-order valence-electron chi connectivity index (χ0n) is 23.9. The number of ketones is 1. The molecule has 8 nitrogen and oxygen atoms in total. The number of esters is 1. The lowest BCUT2D eigenvalue weighted by Gasteiger charge is -2.13. The van der Waals surface area contributed by atoms with E-state index in [4.69, 9.17) is 15.9 Å². The smallest absolute Gasteiger partial charge is 0.337 e. The maximum atomic E-state index is 12.9. The zero-order chi connectivity index (χ0) is 29.9. The van der Waals surface area contributed by atoms with Crippen LogP contribution in [0.2, 0.25) is 0 Å². The van der Waals surface area contributed by atoms with Gasteiger partial charge in [0.05, 0.1) is 30.3 Å². The highest BCUT2D eigenvalue weighted by atomic mass is 16.5. The lowest BCUT2D eigenvalue weighted by molar-refractivity contribution is -0.110. The number of carbonyl (C=O) groups is 3. The van der Waals surface area contributed by atoms with Gasteiger partial charge in [0.2, 0.25) is 0 Å². The van der Waals surface area contributed by atoms with Gasteiger partial charge in [-0.2, -0.15) is 0 Å². The Labute approximate surface area is 240 Å². The van der Waals surface area contributed by atoms with Gasteiger partial charge in [0, 0.05) is 35.8 Å². The minimum atomic E-state index is -0.621. The first-order chi connectivity index (χ1) is 19.7. The molecule has 1 N–H and O–H groups in total. The number of benzene rings is 3. The molecule has 0 bridgehead atoms. The van der Waals surface area contributed by atoms with Gasteiger partial charge in [-0.3, -0.25) is 19.6 Å². The third kappa shape index (κ3) is 7.99. The number of aliphatic imine (C=N–C) groups is 2. The summed E-state index contributed by atoms with van der Waals surface area (Å²) in [5.74, 6) is 2.01. The second-order valence-electron chi connectivity index (χ2n) is 9.34. The van der Waals surface area contributed by atoms with E-state index >= 15 is 0 Å². The number of ether oxygens (including phenoxy) is 2. The third-order valence-electron chi connectivity index (χ3n) is 6.21. The Hall–Kier alpha value is -5.03. The van der Waals surface area contributed by atoms with Gasteiger partial charge in [-0.15, -0.1) is 6.42 Å². The minimum Gasteiger partial charge on any atom is -0.481 e. The van der Waals surface area contributed by atoms with Crippen molar-refractivity contribution in [3.63, 3.8) is 0 Å². The first kappa shape index (κ1) is 30.5. The highest BCUT2D eigenvalue weighted by Gasteiger charge is 2.16. The van der Waals surface area contributed by atoms with E-state index in [0.717, 1.165) is 11.8 Å². The van der Waals surface area contributed by atoms with Crippen molar-refractivity contribution in [2.24, 2.45) is 9.98 Å². The van der Waals surface area contributed by atoms with Gasteiger partial charge in [0.25, 0.3) is 5.91 Å². The fourth-order valence-electron chi connectivity index (χ4n) is 4.07. The van der Waals surface area contributed by atoms with Crippen LogP contribution in [0.3, 0.4) is 0 Å². The monoisotopic (exact) mass is 551 g/mol. The first-order valence-electron chi connectivity index (χ1n) is 13.1. The molecule has 0 heterocycles. The quantitative estimate of drug-likeness (QED) is 0.136. The molecule has 0 atom stereocenters. The molecule has 0 aliphatic rings. The summed E-state index contributed by atoms with van der Waals surface area (Å²) in [5, 5.41) is 2.68. The molecule has 3 rings (SSSR count). The van der Waals surface area contributed by atoms with Crippen LogP contribution in [0.1, 0.15) is 70.5 Å². The van der Waals surface area contributed by atoms with Crippen molar-refractivity contribution in [3.8, 4) is 18.1 Å². The maximum absolute atomic E-state index is 12.9. The van der Waals surface area contributed by atoms with Crippen molar-refractivity contribution in [2.75, 3.05) is 26.1 Å². The van der Waals surface area contributed by atoms with Crippen molar-refractivity contribution in [3.05, 3.63) is 88.5 Å². The largest absolute Gasteiger partial charge is 0.481 e. The Balaban J connectivity index is 1.96. The normalized spacial score (nSPS) is 11.3. The molecule has 0 aliphatic carbocycles. The summed E-state index contributed by atoms with van der Waals surface area (Å²) in [4.78, 5) is 46.2. The van der Waals surface area contributed by atoms with Crippen LogP contribution in [0.15, 0.2) is 70.6 Å². The van der Waals surface area contributed by atoms with Crippen molar-refractivity contribution < 1.29 is 23.9 Å². The number of nitrogens with one attached hydrogen (secondary N) is 1. The van der Waals surface area contributed by atoms with Gasteiger partial charge in [0.15, 0.2) is 5.78 Å². The molecule has 3 aromatic rings. The summed E-state index contributed by atoms with van der Waals surface area (Å²) in [5.41, 5.74) is 4.56. The molecule has 0 spiro atoms. The number of nitrogens with zero attached hydrogens (tertiary/aromatic N) is 2. The van der Waals surface area contributed by atoms with Gasteiger partial charge in [-0.1, -0.05) is 51.0 Å². The van der Waals surface area contributed by atoms with Gasteiger partial charge < -0.3 is 14.8 Å². The molecular formula is C33H33N3O5. The number of hydrogen-bond donors (Lipinski definition) is 1. The van der Waals surface area contributed by atoms with E-state index in [9.17, 15) is 14.4 Å². The van der Waals surface area contributed by atoms with Crippen LogP contribution < -0.4 is 10.1 Å². The van der Waals surface area contributed by atoms with Crippen molar-refractivity contribution >= 4 is 41.0 Å². The highest BCUT2D eigenvalue weighted by molar-refractivity contribution is 6.32. The number of terminal acetylenes is 1. The number of hydrogen-bond acceptors (Lipinski definition) is 7. The Morgan fingerprint density at radius 1 is 1.00 bits per heavy atom. The molecule has 3 aromatic carbocycles. The van der Waals surface area contributed by atoms with Gasteiger partial charge in [-0.25, -0.2) is 4.79 Å². The van der Waals surface area contributed by atoms with E-state index in [0.29, 0.717) is 34.2 Å². The molecule has 210 valence electrons. The summed E-state index contributed by atoms with van der Waals surface area (Å²) < 4.78 is 10.4. The van der Waals surface area contributed by atoms with E-state index < -0.39 is 11.9 Å². The van der Waals surface area contributed by atoms with Gasteiger partial charge in [-0.05, 0) is 47.9 Å². The standard InChI is InChI=1S/C33H33N3O5/c1-7-15-41-27-13-14-29(28(19-27)32(34-5)23-11-9-22(10-12-23)21(3)4)35-20-31(38)36-26-17-24(30(37)8-2)16-25(18-26)33(39)40-6/h1,9-14,16-21H,8,15H2,2-6H3,(H,36,38). The fraction of sp³-hybridized carbons (Fsp3) is 0.242. The summed E-state index contributed by atoms with van der Waals surface area (Å²) in [6.07, 6.45) is 6.73. The SMILES string of the molecule is C#CCOc1ccc(N=CC(=O)Nc2cc(C(=O)CC)cc(C(=O)OC)c2)c(C(=NC)c2ccc(C(C)C)cc2)c1. The van der Waals surface area contributed by atoms with Crippen LogP contribution in [0.4, 0.5) is 11.4 Å². The summed E-state index contributed by atoms with van der Waals surface area (Å²) in [6.45, 7) is 6.06. The number of rotatable bonds is 11. The van der Waals surface area contributed by atoms with Crippen LogP contribution >= 0.6 is 0 Å². The van der Waals surface area contributed by atoms with Crippen molar-refractivity contribution in [2.45, 2.75) is 33.1 Å². The first-order valence-corrected chi connectivity index (χ1v) is 13.1. The van der Waals surface area contributed by atoms with Crippen LogP contribution in [-0.2, 0) is 9.53 Å². The van der Waals surface area contributed by atoms with Crippen LogP contribution in [-0.4, -0.2) is 50.4 Å². The molecule has 8 heteroatoms. The average molecular weight is 552 g/mol. The molecule has 41 heavy (non-hydrogen) atoms. The molecule has 0 radical (unpaired) electrons. The van der Waals surface area contributed by atoms with Crippen LogP contribution in [0.25, 0.3) is 0 Å². The van der Waals surface area contributed by atoms with Gasteiger partial charge in [0.1, 0.15) is 12.4 Å². The zero-order valence-corrected chi connectivity index (χ0v) is 23.9. The Bertz CT molecular complexity index is 1500. The molecule has 1 amide bonds. The summed E-state index contributed by atoms with van der Waals surface area (Å²) in [6, 6.07) is 17.7. The molecule has 0 saturated carbocycles. The van der Waals surface area contributed by atoms with Crippen LogP contribution in [0.5, 0.6) is 5.75 Å². The topological polar surface area (TPSA) is 106 Å². The van der Waals surface area contributed by atoms with Crippen molar-refractivity contribution in [1.82, 2.24) is 0 Å². The Morgan fingerprint density at radius 2 is 1.71 bits per heavy atom. The molecule has 0 aliphatic heterocycles. The lowest BCUT2D eigenvalue weighted by Crippen LogP contribution is -2.14. The van der Waals surface area contributed by atoms with Gasteiger partial charge >= 0.3 is 5.97 Å².